The van der Waals surface area contributed by atoms with Gasteiger partial charge in [-0.2, -0.15) is 0 Å². The first-order chi connectivity index (χ1) is 8.83. The van der Waals surface area contributed by atoms with Crippen LogP contribution in [0, 0.1) is 5.92 Å². The summed E-state index contributed by atoms with van der Waals surface area (Å²) < 4.78 is 10.7. The number of likely N-dealkylation sites (tertiary alicyclic amines) is 1. The lowest BCUT2D eigenvalue weighted by atomic mass is 9.96. The minimum Gasteiger partial charge on any atom is -0.356 e. The van der Waals surface area contributed by atoms with Crippen LogP contribution in [0.4, 0.5) is 0 Å². The van der Waals surface area contributed by atoms with Crippen LogP contribution >= 0.6 is 0 Å². The molecule has 1 aliphatic heterocycles. The van der Waals surface area contributed by atoms with Gasteiger partial charge in [0.25, 0.3) is 0 Å². The van der Waals surface area contributed by atoms with Crippen molar-refractivity contribution >= 4 is 0 Å². The summed E-state index contributed by atoms with van der Waals surface area (Å²) in [5, 5.41) is 0. The van der Waals surface area contributed by atoms with E-state index in [9.17, 15) is 0 Å². The smallest absolute Gasteiger partial charge is 0.159 e. The molecule has 0 unspecified atom stereocenters. The maximum atomic E-state index is 5.35. The van der Waals surface area contributed by atoms with Gasteiger partial charge in [0.2, 0.25) is 0 Å². The van der Waals surface area contributed by atoms with Gasteiger partial charge in [-0.15, -0.1) is 0 Å². The van der Waals surface area contributed by atoms with Crippen LogP contribution < -0.4 is 0 Å². The quantitative estimate of drug-likeness (QED) is 0.748. The first kappa shape index (κ1) is 13.5. The number of piperidine rings is 1. The highest BCUT2D eigenvalue weighted by atomic mass is 16.7. The zero-order chi connectivity index (χ0) is 12.8. The number of benzene rings is 1. The Hall–Kier alpha value is -0.900. The molecule has 0 N–H and O–H groups in total. The lowest BCUT2D eigenvalue weighted by molar-refractivity contribution is -0.147. The van der Waals surface area contributed by atoms with Gasteiger partial charge in [0, 0.05) is 26.7 Å². The number of hydrogen-bond donors (Lipinski definition) is 0. The Morgan fingerprint density at radius 2 is 1.72 bits per heavy atom. The molecule has 0 radical (unpaired) electrons. The second-order valence-electron chi connectivity index (χ2n) is 4.94. The van der Waals surface area contributed by atoms with Crippen LogP contribution in [0.3, 0.4) is 0 Å². The van der Waals surface area contributed by atoms with Crippen molar-refractivity contribution in [2.24, 2.45) is 5.92 Å². The van der Waals surface area contributed by atoms with E-state index in [1.165, 1.54) is 5.56 Å². The van der Waals surface area contributed by atoms with E-state index in [4.69, 9.17) is 9.47 Å². The minimum atomic E-state index is -0.0381. The Balaban J connectivity index is 1.80. The molecule has 18 heavy (non-hydrogen) atoms. The topological polar surface area (TPSA) is 21.7 Å². The van der Waals surface area contributed by atoms with Gasteiger partial charge in [-0.3, -0.25) is 4.90 Å². The highest BCUT2D eigenvalue weighted by Gasteiger charge is 2.26. The van der Waals surface area contributed by atoms with E-state index < -0.39 is 0 Å². The van der Waals surface area contributed by atoms with Crippen molar-refractivity contribution in [2.45, 2.75) is 25.7 Å². The first-order valence-corrected chi connectivity index (χ1v) is 6.65. The Morgan fingerprint density at radius 3 is 2.28 bits per heavy atom. The molecule has 0 spiro atoms. The lowest BCUT2D eigenvalue weighted by Gasteiger charge is -2.34. The van der Waals surface area contributed by atoms with Crippen molar-refractivity contribution in [3.8, 4) is 0 Å². The average molecular weight is 249 g/mol. The van der Waals surface area contributed by atoms with Crippen molar-refractivity contribution < 1.29 is 9.47 Å². The predicted molar refractivity (Wildman–Crippen MR) is 72.2 cm³/mol. The molecule has 1 heterocycles. The van der Waals surface area contributed by atoms with Crippen molar-refractivity contribution in [3.05, 3.63) is 35.9 Å². The second-order valence-corrected chi connectivity index (χ2v) is 4.94. The fourth-order valence-electron chi connectivity index (χ4n) is 2.71. The largest absolute Gasteiger partial charge is 0.356 e. The summed E-state index contributed by atoms with van der Waals surface area (Å²) >= 11 is 0. The number of hydrogen-bond acceptors (Lipinski definition) is 3. The highest BCUT2D eigenvalue weighted by molar-refractivity contribution is 5.14. The van der Waals surface area contributed by atoms with Crippen LogP contribution in [0.25, 0.3) is 0 Å². The molecule has 0 aliphatic carbocycles. The van der Waals surface area contributed by atoms with E-state index in [0.29, 0.717) is 5.92 Å². The van der Waals surface area contributed by atoms with E-state index in [0.717, 1.165) is 32.5 Å². The summed E-state index contributed by atoms with van der Waals surface area (Å²) in [7, 11) is 3.45. The number of ether oxygens (including phenoxy) is 2. The van der Waals surface area contributed by atoms with E-state index in [1.54, 1.807) is 14.2 Å². The zero-order valence-electron chi connectivity index (χ0n) is 11.3. The maximum Gasteiger partial charge on any atom is 0.159 e. The van der Waals surface area contributed by atoms with Crippen LogP contribution in [-0.2, 0) is 16.0 Å². The summed E-state index contributed by atoms with van der Waals surface area (Å²) in [6, 6.07) is 10.7. The molecule has 1 aromatic carbocycles. The fourth-order valence-corrected chi connectivity index (χ4v) is 2.71. The number of rotatable bonds is 5. The SMILES string of the molecule is COC(OC)C1CCN(Cc2ccccc2)CC1. The van der Waals surface area contributed by atoms with E-state index >= 15 is 0 Å². The van der Waals surface area contributed by atoms with Crippen LogP contribution in [0.1, 0.15) is 18.4 Å². The number of methoxy groups -OCH3 is 2. The Labute approximate surface area is 110 Å². The molecule has 100 valence electrons. The van der Waals surface area contributed by atoms with Crippen molar-refractivity contribution in [3.63, 3.8) is 0 Å². The Bertz CT molecular complexity index is 330. The van der Waals surface area contributed by atoms with Gasteiger partial charge in [0.15, 0.2) is 6.29 Å². The van der Waals surface area contributed by atoms with Crippen molar-refractivity contribution in [2.75, 3.05) is 27.3 Å². The van der Waals surface area contributed by atoms with Crippen molar-refractivity contribution in [1.29, 1.82) is 0 Å². The van der Waals surface area contributed by atoms with E-state index in [2.05, 4.69) is 35.2 Å². The molecule has 1 saturated heterocycles. The molecule has 0 atom stereocenters. The Morgan fingerprint density at radius 1 is 1.11 bits per heavy atom. The second kappa shape index (κ2) is 6.88. The molecule has 3 heteroatoms. The summed E-state index contributed by atoms with van der Waals surface area (Å²) in [5.74, 6) is 0.534. The third kappa shape index (κ3) is 3.55. The molecule has 0 amide bonds. The minimum absolute atomic E-state index is 0.0381. The molecule has 0 aromatic heterocycles. The van der Waals surface area contributed by atoms with E-state index in [1.807, 2.05) is 0 Å². The molecular formula is C15H23NO2. The first-order valence-electron chi connectivity index (χ1n) is 6.65. The van der Waals surface area contributed by atoms with Gasteiger partial charge >= 0.3 is 0 Å². The van der Waals surface area contributed by atoms with Crippen LogP contribution in [-0.4, -0.2) is 38.5 Å². The van der Waals surface area contributed by atoms with Crippen molar-refractivity contribution in [1.82, 2.24) is 4.90 Å². The van der Waals surface area contributed by atoms with Crippen LogP contribution in [0.15, 0.2) is 30.3 Å². The normalized spacial score (nSPS) is 18.4. The van der Waals surface area contributed by atoms with E-state index in [-0.39, 0.29) is 6.29 Å². The third-order valence-corrected chi connectivity index (χ3v) is 3.73. The molecule has 2 rings (SSSR count). The Kier molecular flexibility index (Phi) is 5.17. The summed E-state index contributed by atoms with van der Waals surface area (Å²) in [5.41, 5.74) is 1.39. The molecule has 0 saturated carbocycles. The molecule has 1 aliphatic rings. The molecule has 3 nitrogen and oxygen atoms in total. The van der Waals surface area contributed by atoms with Crippen LogP contribution in [0.5, 0.6) is 0 Å². The van der Waals surface area contributed by atoms with Gasteiger partial charge in [-0.05, 0) is 31.5 Å². The highest BCUT2D eigenvalue weighted by Crippen LogP contribution is 2.23. The van der Waals surface area contributed by atoms with Gasteiger partial charge in [0.1, 0.15) is 0 Å². The monoisotopic (exact) mass is 249 g/mol. The molecule has 0 bridgehead atoms. The molecule has 1 fully saturated rings. The van der Waals surface area contributed by atoms with Gasteiger partial charge < -0.3 is 9.47 Å². The molecular weight excluding hydrogens is 226 g/mol. The predicted octanol–water partition coefficient (Wildman–Crippen LogP) is 2.52. The van der Waals surface area contributed by atoms with Gasteiger partial charge in [-0.25, -0.2) is 0 Å². The fraction of sp³-hybridized carbons (Fsp3) is 0.600. The summed E-state index contributed by atoms with van der Waals surface area (Å²) in [6.07, 6.45) is 2.27. The maximum absolute atomic E-state index is 5.35. The van der Waals surface area contributed by atoms with Gasteiger partial charge in [0.05, 0.1) is 0 Å². The molecule has 1 aromatic rings. The van der Waals surface area contributed by atoms with Gasteiger partial charge in [-0.1, -0.05) is 30.3 Å². The average Bonchev–Trinajstić information content (AvgIpc) is 2.43. The lowest BCUT2D eigenvalue weighted by Crippen LogP contribution is -2.38. The summed E-state index contributed by atoms with van der Waals surface area (Å²) in [6.45, 7) is 3.31. The third-order valence-electron chi connectivity index (χ3n) is 3.73. The number of nitrogens with zero attached hydrogens (tertiary/aromatic N) is 1. The summed E-state index contributed by atoms with van der Waals surface area (Å²) in [4.78, 5) is 2.51. The standard InChI is InChI=1S/C15H23NO2/c1-17-15(18-2)14-8-10-16(11-9-14)12-13-6-4-3-5-7-13/h3-7,14-15H,8-12H2,1-2H3. The zero-order valence-corrected chi connectivity index (χ0v) is 11.3. The van der Waals surface area contributed by atoms with Crippen LogP contribution in [0.2, 0.25) is 0 Å².